The van der Waals surface area contributed by atoms with E-state index in [2.05, 4.69) is 15.9 Å². The fourth-order valence-electron chi connectivity index (χ4n) is 2.01. The Kier molecular flexibility index (Phi) is 4.78. The maximum atomic E-state index is 10.5. The molecule has 1 aliphatic carbocycles. The SMILES string of the molecule is O=C(O)C(Br)CCCC1CCCC1. The second-order valence-corrected chi connectivity index (χ2v) is 4.99. The zero-order valence-electron chi connectivity index (χ0n) is 7.84. The lowest BCUT2D eigenvalue weighted by molar-refractivity contribution is -0.136. The molecule has 0 bridgehead atoms. The summed E-state index contributed by atoms with van der Waals surface area (Å²) < 4.78 is 0. The van der Waals surface area contributed by atoms with E-state index in [0.717, 1.165) is 18.8 Å². The third-order valence-electron chi connectivity index (χ3n) is 2.81. The Morgan fingerprint density at radius 2 is 2.08 bits per heavy atom. The molecule has 0 heterocycles. The van der Waals surface area contributed by atoms with Gasteiger partial charge in [-0.3, -0.25) is 4.79 Å². The van der Waals surface area contributed by atoms with Crippen LogP contribution in [0.3, 0.4) is 0 Å². The van der Waals surface area contributed by atoms with Crippen molar-refractivity contribution in [3.63, 3.8) is 0 Å². The Bertz CT molecular complexity index is 164. The van der Waals surface area contributed by atoms with Gasteiger partial charge in [0.2, 0.25) is 0 Å². The Morgan fingerprint density at radius 1 is 1.46 bits per heavy atom. The van der Waals surface area contributed by atoms with Gasteiger partial charge in [0.1, 0.15) is 4.83 Å². The molecule has 0 spiro atoms. The lowest BCUT2D eigenvalue weighted by Gasteiger charge is -2.09. The van der Waals surface area contributed by atoms with E-state index in [0.29, 0.717) is 0 Å². The fourth-order valence-corrected chi connectivity index (χ4v) is 2.33. The van der Waals surface area contributed by atoms with Gasteiger partial charge in [-0.2, -0.15) is 0 Å². The summed E-state index contributed by atoms with van der Waals surface area (Å²) in [5.41, 5.74) is 0. The third kappa shape index (κ3) is 4.12. The molecule has 1 atom stereocenters. The van der Waals surface area contributed by atoms with Crippen LogP contribution < -0.4 is 0 Å². The first-order valence-electron chi connectivity index (χ1n) is 5.07. The minimum atomic E-state index is -0.730. The molecule has 1 saturated carbocycles. The Balaban J connectivity index is 2.02. The summed E-state index contributed by atoms with van der Waals surface area (Å²) in [6.07, 6.45) is 8.51. The van der Waals surface area contributed by atoms with Crippen molar-refractivity contribution in [2.75, 3.05) is 0 Å². The van der Waals surface area contributed by atoms with Crippen molar-refractivity contribution in [3.8, 4) is 0 Å². The van der Waals surface area contributed by atoms with Crippen LogP contribution in [-0.2, 0) is 4.79 Å². The average Bonchev–Trinajstić information content (AvgIpc) is 2.56. The number of rotatable bonds is 5. The first-order valence-corrected chi connectivity index (χ1v) is 5.98. The van der Waals surface area contributed by atoms with Gasteiger partial charge in [0.05, 0.1) is 0 Å². The van der Waals surface area contributed by atoms with Crippen molar-refractivity contribution in [3.05, 3.63) is 0 Å². The minimum absolute atomic E-state index is 0.339. The van der Waals surface area contributed by atoms with Gasteiger partial charge in [-0.05, 0) is 12.3 Å². The molecule has 0 aliphatic heterocycles. The molecular formula is C10H17BrO2. The highest BCUT2D eigenvalue weighted by Gasteiger charge is 2.17. The van der Waals surface area contributed by atoms with Crippen LogP contribution in [0.15, 0.2) is 0 Å². The zero-order chi connectivity index (χ0) is 9.68. The van der Waals surface area contributed by atoms with Crippen LogP contribution in [0.1, 0.15) is 44.9 Å². The van der Waals surface area contributed by atoms with E-state index in [4.69, 9.17) is 5.11 Å². The molecule has 1 N–H and O–H groups in total. The summed E-state index contributed by atoms with van der Waals surface area (Å²) in [7, 11) is 0. The number of hydrogen-bond acceptors (Lipinski definition) is 1. The highest BCUT2D eigenvalue weighted by molar-refractivity contribution is 9.10. The van der Waals surface area contributed by atoms with Gasteiger partial charge < -0.3 is 5.11 Å². The van der Waals surface area contributed by atoms with Crippen LogP contribution in [0.2, 0.25) is 0 Å². The molecule has 76 valence electrons. The smallest absolute Gasteiger partial charge is 0.317 e. The molecule has 3 heteroatoms. The van der Waals surface area contributed by atoms with Crippen molar-refractivity contribution >= 4 is 21.9 Å². The van der Waals surface area contributed by atoms with E-state index in [1.54, 1.807) is 0 Å². The van der Waals surface area contributed by atoms with E-state index in [9.17, 15) is 4.79 Å². The first kappa shape index (κ1) is 11.0. The Labute approximate surface area is 87.8 Å². The number of halogens is 1. The Hall–Kier alpha value is -0.0500. The molecule has 1 fully saturated rings. The molecule has 13 heavy (non-hydrogen) atoms. The van der Waals surface area contributed by atoms with Crippen LogP contribution in [0.4, 0.5) is 0 Å². The number of carbonyl (C=O) groups is 1. The Morgan fingerprint density at radius 3 is 2.62 bits per heavy atom. The quantitative estimate of drug-likeness (QED) is 0.759. The van der Waals surface area contributed by atoms with Gasteiger partial charge in [-0.1, -0.05) is 54.5 Å². The topological polar surface area (TPSA) is 37.3 Å². The fraction of sp³-hybridized carbons (Fsp3) is 0.900. The van der Waals surface area contributed by atoms with Crippen LogP contribution in [0, 0.1) is 5.92 Å². The highest BCUT2D eigenvalue weighted by atomic mass is 79.9. The third-order valence-corrected chi connectivity index (χ3v) is 3.66. The van der Waals surface area contributed by atoms with E-state index in [1.807, 2.05) is 0 Å². The molecule has 2 nitrogen and oxygen atoms in total. The molecule has 0 aromatic rings. The molecule has 1 rings (SSSR count). The van der Waals surface area contributed by atoms with Crippen LogP contribution in [-0.4, -0.2) is 15.9 Å². The summed E-state index contributed by atoms with van der Waals surface area (Å²) in [5.74, 6) is 0.153. The number of alkyl halides is 1. The summed E-state index contributed by atoms with van der Waals surface area (Å²) in [4.78, 5) is 10.1. The van der Waals surface area contributed by atoms with Crippen LogP contribution in [0.5, 0.6) is 0 Å². The van der Waals surface area contributed by atoms with Crippen LogP contribution >= 0.6 is 15.9 Å². The maximum absolute atomic E-state index is 10.5. The van der Waals surface area contributed by atoms with Crippen molar-refractivity contribution in [2.45, 2.75) is 49.8 Å². The normalized spacial score (nSPS) is 20.4. The number of aliphatic carboxylic acids is 1. The van der Waals surface area contributed by atoms with Crippen LogP contribution in [0.25, 0.3) is 0 Å². The molecule has 0 amide bonds. The van der Waals surface area contributed by atoms with Gasteiger partial charge in [-0.25, -0.2) is 0 Å². The summed E-state index contributed by atoms with van der Waals surface area (Å²) in [5, 5.41) is 8.63. The van der Waals surface area contributed by atoms with Gasteiger partial charge in [-0.15, -0.1) is 0 Å². The summed E-state index contributed by atoms with van der Waals surface area (Å²) in [6.45, 7) is 0. The molecule has 0 radical (unpaired) electrons. The largest absolute Gasteiger partial charge is 0.480 e. The van der Waals surface area contributed by atoms with Gasteiger partial charge in [0, 0.05) is 0 Å². The van der Waals surface area contributed by atoms with E-state index < -0.39 is 5.97 Å². The highest BCUT2D eigenvalue weighted by Crippen LogP contribution is 2.29. The summed E-state index contributed by atoms with van der Waals surface area (Å²) in [6, 6.07) is 0. The van der Waals surface area contributed by atoms with E-state index >= 15 is 0 Å². The van der Waals surface area contributed by atoms with Crippen molar-refractivity contribution in [2.24, 2.45) is 5.92 Å². The monoisotopic (exact) mass is 248 g/mol. The predicted octanol–water partition coefficient (Wildman–Crippen LogP) is 3.20. The van der Waals surface area contributed by atoms with Gasteiger partial charge >= 0.3 is 5.97 Å². The number of hydrogen-bond donors (Lipinski definition) is 1. The van der Waals surface area contributed by atoms with E-state index in [1.165, 1.54) is 32.1 Å². The number of carboxylic acids is 1. The molecule has 1 unspecified atom stereocenters. The molecule has 1 aliphatic rings. The standard InChI is InChI=1S/C10H17BrO2/c11-9(10(12)13)7-3-6-8-4-1-2-5-8/h8-9H,1-7H2,(H,12,13). The predicted molar refractivity (Wildman–Crippen MR) is 56.2 cm³/mol. The molecular weight excluding hydrogens is 232 g/mol. The second kappa shape index (κ2) is 5.63. The second-order valence-electron chi connectivity index (χ2n) is 3.89. The maximum Gasteiger partial charge on any atom is 0.317 e. The van der Waals surface area contributed by atoms with E-state index in [-0.39, 0.29) is 4.83 Å². The lowest BCUT2D eigenvalue weighted by atomic mass is 10.00. The van der Waals surface area contributed by atoms with Gasteiger partial charge in [0.25, 0.3) is 0 Å². The average molecular weight is 249 g/mol. The molecule has 0 aromatic heterocycles. The van der Waals surface area contributed by atoms with Gasteiger partial charge in [0.15, 0.2) is 0 Å². The zero-order valence-corrected chi connectivity index (χ0v) is 9.42. The van der Waals surface area contributed by atoms with Crippen molar-refractivity contribution < 1.29 is 9.90 Å². The molecule has 0 aromatic carbocycles. The lowest BCUT2D eigenvalue weighted by Crippen LogP contribution is -2.12. The summed E-state index contributed by atoms with van der Waals surface area (Å²) >= 11 is 3.15. The minimum Gasteiger partial charge on any atom is -0.480 e. The number of carboxylic acid groups (broad SMARTS) is 1. The van der Waals surface area contributed by atoms with Crippen molar-refractivity contribution in [1.29, 1.82) is 0 Å². The van der Waals surface area contributed by atoms with Crippen molar-refractivity contribution in [1.82, 2.24) is 0 Å². The molecule has 0 saturated heterocycles. The first-order chi connectivity index (χ1) is 6.20.